The lowest BCUT2D eigenvalue weighted by Gasteiger charge is -2.29. The number of carbonyl (C=O) groups excluding carboxylic acids is 2. The highest BCUT2D eigenvalue weighted by molar-refractivity contribution is 5.98. The van der Waals surface area contributed by atoms with Gasteiger partial charge in [-0.05, 0) is 48.9 Å². The molecule has 2 heterocycles. The van der Waals surface area contributed by atoms with Crippen molar-refractivity contribution in [1.29, 1.82) is 0 Å². The summed E-state index contributed by atoms with van der Waals surface area (Å²) < 4.78 is 0. The minimum atomic E-state index is -0.266. The van der Waals surface area contributed by atoms with Crippen LogP contribution in [0.15, 0.2) is 36.7 Å². The third-order valence-corrected chi connectivity index (χ3v) is 5.00. The Balaban J connectivity index is 1.83. The van der Waals surface area contributed by atoms with Gasteiger partial charge in [-0.1, -0.05) is 32.0 Å². The van der Waals surface area contributed by atoms with Crippen LogP contribution in [-0.4, -0.2) is 40.0 Å². The van der Waals surface area contributed by atoms with Crippen LogP contribution in [0, 0.1) is 6.92 Å². The molecule has 1 aliphatic heterocycles. The zero-order valence-corrected chi connectivity index (χ0v) is 16.2. The molecule has 0 spiro atoms. The van der Waals surface area contributed by atoms with Gasteiger partial charge in [0, 0.05) is 31.2 Å². The van der Waals surface area contributed by atoms with Crippen molar-refractivity contribution in [1.82, 2.24) is 15.0 Å². The molecule has 1 saturated heterocycles. The zero-order valence-electron chi connectivity index (χ0n) is 16.2. The van der Waals surface area contributed by atoms with E-state index in [-0.39, 0.29) is 11.9 Å². The van der Waals surface area contributed by atoms with Crippen LogP contribution in [0.5, 0.6) is 0 Å². The van der Waals surface area contributed by atoms with E-state index in [9.17, 15) is 9.59 Å². The number of hydrogen-bond donors (Lipinski definition) is 1. The van der Waals surface area contributed by atoms with E-state index < -0.39 is 0 Å². The Morgan fingerprint density at radius 1 is 1.07 bits per heavy atom. The van der Waals surface area contributed by atoms with Gasteiger partial charge in [-0.2, -0.15) is 0 Å². The number of hydrazine groups is 1. The summed E-state index contributed by atoms with van der Waals surface area (Å²) in [7, 11) is 0. The number of para-hydroxylation sites is 1. The Kier molecular flexibility index (Phi) is 5.74. The lowest BCUT2D eigenvalue weighted by atomic mass is 10.0. The first kappa shape index (κ1) is 18.9. The van der Waals surface area contributed by atoms with Crippen LogP contribution in [0.1, 0.15) is 47.3 Å². The van der Waals surface area contributed by atoms with Crippen LogP contribution >= 0.6 is 0 Å². The van der Waals surface area contributed by atoms with E-state index in [1.807, 2.05) is 25.1 Å². The van der Waals surface area contributed by atoms with Gasteiger partial charge in [0.15, 0.2) is 0 Å². The maximum Gasteiger partial charge on any atom is 0.340 e. The fourth-order valence-electron chi connectivity index (χ4n) is 3.44. The Morgan fingerprint density at radius 3 is 2.37 bits per heavy atom. The Bertz CT molecular complexity index is 828. The number of benzene rings is 1. The summed E-state index contributed by atoms with van der Waals surface area (Å²) in [6.45, 7) is 7.06. The van der Waals surface area contributed by atoms with E-state index in [1.165, 1.54) is 10.0 Å². The number of pyridine rings is 1. The van der Waals surface area contributed by atoms with Gasteiger partial charge >= 0.3 is 6.03 Å². The fraction of sp³-hybridized carbons (Fsp3) is 0.381. The van der Waals surface area contributed by atoms with Gasteiger partial charge in [-0.15, -0.1) is 0 Å². The topological polar surface area (TPSA) is 65.5 Å². The van der Waals surface area contributed by atoms with Gasteiger partial charge in [0.05, 0.1) is 5.56 Å². The van der Waals surface area contributed by atoms with Crippen molar-refractivity contribution in [3.05, 3.63) is 58.9 Å². The van der Waals surface area contributed by atoms with E-state index >= 15 is 0 Å². The highest BCUT2D eigenvalue weighted by atomic mass is 16.2. The summed E-state index contributed by atoms with van der Waals surface area (Å²) in [4.78, 5) is 30.0. The van der Waals surface area contributed by atoms with E-state index in [0.717, 1.165) is 41.6 Å². The molecular weight excluding hydrogens is 340 g/mol. The van der Waals surface area contributed by atoms with Gasteiger partial charge in [-0.3, -0.25) is 9.78 Å². The molecule has 142 valence electrons. The SMILES string of the molecule is CCc1cccc(CC)c1NC(=O)N1CCCN1C(=O)c1cnccc1C. The molecule has 2 aromatic rings. The standard InChI is InChI=1S/C21H26N4O2/c1-4-16-8-6-9-17(5-2)19(16)23-21(27)25-13-7-12-24(25)20(26)18-14-22-11-10-15(18)3/h6,8-11,14H,4-5,7,12-13H2,1-3H3,(H,23,27). The molecule has 1 aromatic carbocycles. The number of rotatable bonds is 4. The van der Waals surface area contributed by atoms with Gasteiger partial charge in [0.1, 0.15) is 0 Å². The van der Waals surface area contributed by atoms with Gasteiger partial charge in [-0.25, -0.2) is 14.8 Å². The number of hydrogen-bond acceptors (Lipinski definition) is 3. The second kappa shape index (κ2) is 8.20. The van der Waals surface area contributed by atoms with Crippen molar-refractivity contribution in [3.63, 3.8) is 0 Å². The molecule has 6 nitrogen and oxygen atoms in total. The average Bonchev–Trinajstić information content (AvgIpc) is 3.18. The van der Waals surface area contributed by atoms with Crippen LogP contribution in [0.2, 0.25) is 0 Å². The first-order chi connectivity index (χ1) is 13.1. The molecule has 0 aliphatic carbocycles. The first-order valence-electron chi connectivity index (χ1n) is 9.48. The minimum absolute atomic E-state index is 0.187. The number of carbonyl (C=O) groups is 2. The van der Waals surface area contributed by atoms with E-state index in [4.69, 9.17) is 0 Å². The van der Waals surface area contributed by atoms with E-state index in [0.29, 0.717) is 18.7 Å². The van der Waals surface area contributed by atoms with Crippen LogP contribution in [0.4, 0.5) is 10.5 Å². The largest absolute Gasteiger partial charge is 0.340 e. The number of amides is 3. The van der Waals surface area contributed by atoms with Crippen LogP contribution in [0.3, 0.4) is 0 Å². The number of urea groups is 1. The summed E-state index contributed by atoms with van der Waals surface area (Å²) in [5.74, 6) is -0.187. The highest BCUT2D eigenvalue weighted by Gasteiger charge is 2.32. The molecular formula is C21H26N4O2. The number of aryl methyl sites for hydroxylation is 3. The quantitative estimate of drug-likeness (QED) is 0.895. The molecule has 1 aliphatic rings. The van der Waals surface area contributed by atoms with Gasteiger partial charge < -0.3 is 5.32 Å². The second-order valence-corrected chi connectivity index (χ2v) is 6.68. The zero-order chi connectivity index (χ0) is 19.4. The molecule has 3 amide bonds. The summed E-state index contributed by atoms with van der Waals surface area (Å²) in [6, 6.07) is 7.61. The third-order valence-electron chi connectivity index (χ3n) is 5.00. The van der Waals surface area contributed by atoms with Crippen molar-refractivity contribution in [2.45, 2.75) is 40.0 Å². The Labute approximate surface area is 160 Å². The summed E-state index contributed by atoms with van der Waals surface area (Å²) >= 11 is 0. The predicted molar refractivity (Wildman–Crippen MR) is 106 cm³/mol. The first-order valence-corrected chi connectivity index (χ1v) is 9.48. The molecule has 6 heteroatoms. The summed E-state index contributed by atoms with van der Waals surface area (Å²) in [5, 5.41) is 6.09. The molecule has 27 heavy (non-hydrogen) atoms. The van der Waals surface area contributed by atoms with Crippen LogP contribution in [0.25, 0.3) is 0 Å². The van der Waals surface area contributed by atoms with Crippen LogP contribution in [-0.2, 0) is 12.8 Å². The molecule has 1 fully saturated rings. The Hall–Kier alpha value is -2.89. The van der Waals surface area contributed by atoms with E-state index in [1.54, 1.807) is 18.5 Å². The normalized spacial score (nSPS) is 13.7. The molecule has 0 bridgehead atoms. The summed E-state index contributed by atoms with van der Waals surface area (Å²) in [5.41, 5.74) is 4.45. The molecule has 1 aromatic heterocycles. The smallest absolute Gasteiger partial charge is 0.306 e. The molecule has 3 rings (SSSR count). The maximum absolute atomic E-state index is 13.0. The molecule has 0 atom stereocenters. The van der Waals surface area contributed by atoms with Gasteiger partial charge in [0.2, 0.25) is 0 Å². The molecule has 0 unspecified atom stereocenters. The number of nitrogens with one attached hydrogen (secondary N) is 1. The highest BCUT2D eigenvalue weighted by Crippen LogP contribution is 2.24. The van der Waals surface area contributed by atoms with Crippen LogP contribution < -0.4 is 5.32 Å². The van der Waals surface area contributed by atoms with Crippen molar-refractivity contribution < 1.29 is 9.59 Å². The maximum atomic E-state index is 13.0. The molecule has 0 saturated carbocycles. The fourth-order valence-corrected chi connectivity index (χ4v) is 3.44. The second-order valence-electron chi connectivity index (χ2n) is 6.68. The lowest BCUT2D eigenvalue weighted by molar-refractivity contribution is 0.0403. The monoisotopic (exact) mass is 366 g/mol. The van der Waals surface area contributed by atoms with Crippen molar-refractivity contribution >= 4 is 17.6 Å². The van der Waals surface area contributed by atoms with Gasteiger partial charge in [0.25, 0.3) is 5.91 Å². The third kappa shape index (κ3) is 3.79. The summed E-state index contributed by atoms with van der Waals surface area (Å²) in [6.07, 6.45) is 5.65. The Morgan fingerprint density at radius 2 is 1.74 bits per heavy atom. The van der Waals surface area contributed by atoms with Crippen molar-refractivity contribution in [3.8, 4) is 0 Å². The predicted octanol–water partition coefficient (Wildman–Crippen LogP) is 3.81. The number of nitrogens with zero attached hydrogens (tertiary/aromatic N) is 3. The number of aromatic nitrogens is 1. The van der Waals surface area contributed by atoms with Crippen molar-refractivity contribution in [2.75, 3.05) is 18.4 Å². The minimum Gasteiger partial charge on any atom is -0.306 e. The van der Waals surface area contributed by atoms with E-state index in [2.05, 4.69) is 24.1 Å². The van der Waals surface area contributed by atoms with Crippen molar-refractivity contribution in [2.24, 2.45) is 0 Å². The molecule has 1 N–H and O–H groups in total. The molecule has 0 radical (unpaired) electrons. The average molecular weight is 366 g/mol. The number of anilines is 1. The lowest BCUT2D eigenvalue weighted by Crippen LogP contribution is -2.47.